The van der Waals surface area contributed by atoms with Crippen molar-refractivity contribution in [1.82, 2.24) is 4.98 Å². The van der Waals surface area contributed by atoms with Gasteiger partial charge < -0.3 is 5.48 Å². The van der Waals surface area contributed by atoms with E-state index in [1.165, 1.54) is 10.8 Å². The Balaban J connectivity index is 0.000000720. The van der Waals surface area contributed by atoms with Gasteiger partial charge in [0.1, 0.15) is 0 Å². The lowest BCUT2D eigenvalue weighted by atomic mass is 10.2. The maximum absolute atomic E-state index is 4.03. The van der Waals surface area contributed by atoms with Gasteiger partial charge in [-0.25, -0.2) is 0 Å². The summed E-state index contributed by atoms with van der Waals surface area (Å²) in [5.74, 6) is 0. The summed E-state index contributed by atoms with van der Waals surface area (Å²) in [6, 6.07) is 8.15. The summed E-state index contributed by atoms with van der Waals surface area (Å²) in [5.41, 5.74) is 0. The van der Waals surface area contributed by atoms with Gasteiger partial charge in [0.15, 0.2) is 0 Å². The summed E-state index contributed by atoms with van der Waals surface area (Å²) >= 11 is 3.41. The van der Waals surface area contributed by atoms with Crippen molar-refractivity contribution in [1.29, 1.82) is 0 Å². The van der Waals surface area contributed by atoms with E-state index in [1.54, 1.807) is 6.20 Å². The molecule has 12 heavy (non-hydrogen) atoms. The molecule has 3 heteroatoms. The van der Waals surface area contributed by atoms with E-state index in [0.29, 0.717) is 0 Å². The zero-order valence-electron chi connectivity index (χ0n) is 6.29. The van der Waals surface area contributed by atoms with Crippen molar-refractivity contribution >= 4 is 26.7 Å². The number of hydrogen-bond acceptors (Lipinski definition) is 1. The summed E-state index contributed by atoms with van der Waals surface area (Å²) in [6.07, 6.45) is 3.66. The third-order valence-electron chi connectivity index (χ3n) is 1.60. The first-order chi connectivity index (χ1) is 5.36. The van der Waals surface area contributed by atoms with Gasteiger partial charge in [-0.15, -0.1) is 0 Å². The third-order valence-corrected chi connectivity index (χ3v) is 2.10. The lowest BCUT2D eigenvalue weighted by Crippen LogP contribution is -1.73. The van der Waals surface area contributed by atoms with Gasteiger partial charge in [-0.05, 0) is 23.6 Å². The van der Waals surface area contributed by atoms with E-state index in [-0.39, 0.29) is 5.48 Å². The molecule has 2 N–H and O–H groups in total. The zero-order chi connectivity index (χ0) is 7.68. The Morgan fingerprint density at radius 1 is 1.08 bits per heavy atom. The fourth-order valence-corrected chi connectivity index (χ4v) is 1.43. The molecule has 0 radical (unpaired) electrons. The largest absolute Gasteiger partial charge is 0.412 e. The molecule has 0 saturated heterocycles. The Morgan fingerprint density at radius 3 is 2.75 bits per heavy atom. The first-order valence-electron chi connectivity index (χ1n) is 3.35. The fraction of sp³-hybridized carbons (Fsp3) is 0. The second kappa shape index (κ2) is 3.65. The highest BCUT2D eigenvalue weighted by molar-refractivity contribution is 9.10. The number of pyridine rings is 1. The molecule has 2 rings (SSSR count). The molecule has 1 aromatic heterocycles. The molecule has 0 amide bonds. The number of rotatable bonds is 0. The average molecular weight is 226 g/mol. The smallest absolute Gasteiger partial charge is 0.0346 e. The highest BCUT2D eigenvalue weighted by atomic mass is 79.9. The Hall–Kier alpha value is -0.930. The molecule has 0 fully saturated rings. The van der Waals surface area contributed by atoms with E-state index in [1.807, 2.05) is 24.4 Å². The fourth-order valence-electron chi connectivity index (χ4n) is 1.05. The highest BCUT2D eigenvalue weighted by Gasteiger charge is 1.91. The minimum atomic E-state index is 0. The molecular weight excluding hydrogens is 218 g/mol. The molecule has 2 nitrogen and oxygen atoms in total. The minimum Gasteiger partial charge on any atom is -0.412 e. The van der Waals surface area contributed by atoms with Crippen LogP contribution in [0, 0.1) is 0 Å². The molecule has 62 valence electrons. The van der Waals surface area contributed by atoms with Gasteiger partial charge in [0.2, 0.25) is 0 Å². The topological polar surface area (TPSA) is 44.4 Å². The maximum Gasteiger partial charge on any atom is 0.0346 e. The van der Waals surface area contributed by atoms with Crippen molar-refractivity contribution in [3.63, 3.8) is 0 Å². The van der Waals surface area contributed by atoms with Crippen molar-refractivity contribution in [2.24, 2.45) is 0 Å². The lowest BCUT2D eigenvalue weighted by Gasteiger charge is -1.95. The number of halogens is 1. The highest BCUT2D eigenvalue weighted by Crippen LogP contribution is 2.17. The minimum absolute atomic E-state index is 0. The van der Waals surface area contributed by atoms with Gasteiger partial charge >= 0.3 is 0 Å². The summed E-state index contributed by atoms with van der Waals surface area (Å²) in [6.45, 7) is 0. The molecule has 0 aliphatic rings. The van der Waals surface area contributed by atoms with E-state index in [0.717, 1.165) is 4.47 Å². The molecule has 1 aromatic carbocycles. The van der Waals surface area contributed by atoms with Crippen LogP contribution in [0.25, 0.3) is 10.8 Å². The van der Waals surface area contributed by atoms with Crippen LogP contribution in [0.2, 0.25) is 0 Å². The second-order valence-corrected chi connectivity index (χ2v) is 3.28. The average Bonchev–Trinajstić information content (AvgIpc) is 2.04. The predicted octanol–water partition coefficient (Wildman–Crippen LogP) is 2.17. The van der Waals surface area contributed by atoms with Crippen LogP contribution < -0.4 is 0 Å². The van der Waals surface area contributed by atoms with Crippen molar-refractivity contribution < 1.29 is 5.48 Å². The summed E-state index contributed by atoms with van der Waals surface area (Å²) in [5, 5.41) is 2.39. The Kier molecular flexibility index (Phi) is 2.78. The molecule has 0 spiro atoms. The number of benzene rings is 1. The number of hydrogen-bond donors (Lipinski definition) is 0. The Labute approximate surface area is 78.7 Å². The van der Waals surface area contributed by atoms with Gasteiger partial charge in [-0.3, -0.25) is 4.98 Å². The van der Waals surface area contributed by atoms with E-state index in [4.69, 9.17) is 0 Å². The van der Waals surface area contributed by atoms with Crippen LogP contribution in [0.3, 0.4) is 0 Å². The SMILES string of the molecule is Brc1ccc2cnccc2c1.O. The maximum atomic E-state index is 4.03. The zero-order valence-corrected chi connectivity index (χ0v) is 7.88. The van der Waals surface area contributed by atoms with Crippen LogP contribution in [0.4, 0.5) is 0 Å². The molecule has 2 aromatic rings. The molecule has 0 unspecified atom stereocenters. The van der Waals surface area contributed by atoms with Crippen LogP contribution in [0.15, 0.2) is 41.1 Å². The number of aromatic nitrogens is 1. The summed E-state index contributed by atoms with van der Waals surface area (Å²) < 4.78 is 1.11. The van der Waals surface area contributed by atoms with E-state index >= 15 is 0 Å². The number of fused-ring (bicyclic) bond motifs is 1. The predicted molar refractivity (Wildman–Crippen MR) is 53.1 cm³/mol. The van der Waals surface area contributed by atoms with Crippen LogP contribution in [0.5, 0.6) is 0 Å². The summed E-state index contributed by atoms with van der Waals surface area (Å²) in [7, 11) is 0. The normalized spacial score (nSPS) is 9.42. The Morgan fingerprint density at radius 2 is 1.92 bits per heavy atom. The molecule has 0 atom stereocenters. The van der Waals surface area contributed by atoms with Crippen molar-refractivity contribution in [2.45, 2.75) is 0 Å². The molecule has 0 aliphatic heterocycles. The van der Waals surface area contributed by atoms with Gasteiger partial charge in [0, 0.05) is 22.3 Å². The van der Waals surface area contributed by atoms with Crippen LogP contribution in [-0.2, 0) is 0 Å². The molecule has 0 bridgehead atoms. The van der Waals surface area contributed by atoms with Crippen LogP contribution >= 0.6 is 15.9 Å². The standard InChI is InChI=1S/C9H6BrN.H2O/c10-9-2-1-8-6-11-4-3-7(8)5-9;/h1-6H;1H2. The Bertz CT molecular complexity index is 389. The van der Waals surface area contributed by atoms with E-state index in [9.17, 15) is 0 Å². The lowest BCUT2D eigenvalue weighted by molar-refractivity contribution is 0.824. The van der Waals surface area contributed by atoms with Crippen molar-refractivity contribution in [3.8, 4) is 0 Å². The first kappa shape index (κ1) is 9.16. The van der Waals surface area contributed by atoms with Gasteiger partial charge in [0.25, 0.3) is 0 Å². The van der Waals surface area contributed by atoms with Crippen molar-refractivity contribution in [3.05, 3.63) is 41.1 Å². The van der Waals surface area contributed by atoms with Gasteiger partial charge in [-0.2, -0.15) is 0 Å². The number of nitrogens with zero attached hydrogens (tertiary/aromatic N) is 1. The van der Waals surface area contributed by atoms with E-state index < -0.39 is 0 Å². The van der Waals surface area contributed by atoms with E-state index in [2.05, 4.69) is 27.0 Å². The quantitative estimate of drug-likeness (QED) is 0.678. The second-order valence-electron chi connectivity index (χ2n) is 2.37. The third kappa shape index (κ3) is 1.62. The van der Waals surface area contributed by atoms with Crippen LogP contribution in [-0.4, -0.2) is 10.5 Å². The molecular formula is C9H8BrNO. The molecule has 1 heterocycles. The van der Waals surface area contributed by atoms with Crippen molar-refractivity contribution in [2.75, 3.05) is 0 Å². The van der Waals surface area contributed by atoms with Crippen LogP contribution in [0.1, 0.15) is 0 Å². The first-order valence-corrected chi connectivity index (χ1v) is 4.15. The monoisotopic (exact) mass is 225 g/mol. The molecule has 0 aliphatic carbocycles. The summed E-state index contributed by atoms with van der Waals surface area (Å²) in [4.78, 5) is 4.03. The van der Waals surface area contributed by atoms with Gasteiger partial charge in [0.05, 0.1) is 0 Å². The molecule has 0 saturated carbocycles. The van der Waals surface area contributed by atoms with Gasteiger partial charge in [-0.1, -0.05) is 22.0 Å².